The molecular formula is C11H10ClN3O2. The van der Waals surface area contributed by atoms with Crippen LogP contribution in [0.2, 0.25) is 5.02 Å². The molecule has 17 heavy (non-hydrogen) atoms. The van der Waals surface area contributed by atoms with Crippen LogP contribution in [0.5, 0.6) is 0 Å². The van der Waals surface area contributed by atoms with Crippen molar-refractivity contribution >= 4 is 17.4 Å². The maximum absolute atomic E-state index is 11.6. The van der Waals surface area contributed by atoms with E-state index in [1.165, 1.54) is 4.57 Å². The number of rotatable bonds is 2. The molecule has 2 rings (SSSR count). The van der Waals surface area contributed by atoms with Crippen LogP contribution in [0.1, 0.15) is 5.56 Å². The molecule has 0 amide bonds. The molecule has 0 unspecified atom stereocenters. The largest absolute Gasteiger partial charge is 0.384 e. The lowest BCUT2D eigenvalue weighted by Crippen LogP contribution is -2.32. The average molecular weight is 252 g/mol. The predicted octanol–water partition coefficient (Wildman–Crippen LogP) is 0.820. The van der Waals surface area contributed by atoms with Crippen LogP contribution in [0.3, 0.4) is 0 Å². The topological polar surface area (TPSA) is 80.9 Å². The van der Waals surface area contributed by atoms with E-state index in [1.54, 1.807) is 0 Å². The van der Waals surface area contributed by atoms with E-state index < -0.39 is 11.2 Å². The van der Waals surface area contributed by atoms with Crippen LogP contribution in [-0.2, 0) is 6.54 Å². The highest BCUT2D eigenvalue weighted by molar-refractivity contribution is 6.32. The highest BCUT2D eigenvalue weighted by Gasteiger charge is 2.09. The van der Waals surface area contributed by atoms with Crippen molar-refractivity contribution in [3.05, 3.63) is 61.8 Å². The van der Waals surface area contributed by atoms with Crippen molar-refractivity contribution < 1.29 is 0 Å². The summed E-state index contributed by atoms with van der Waals surface area (Å²) in [6.45, 7) is 0.266. The molecule has 0 spiro atoms. The van der Waals surface area contributed by atoms with Gasteiger partial charge in [0.1, 0.15) is 10.8 Å². The number of aromatic amines is 1. The van der Waals surface area contributed by atoms with Gasteiger partial charge in [0.2, 0.25) is 0 Å². The lowest BCUT2D eigenvalue weighted by atomic mass is 10.2. The van der Waals surface area contributed by atoms with Gasteiger partial charge in [-0.2, -0.15) is 0 Å². The SMILES string of the molecule is Nc1c(Cl)c(=O)[nH]c(=O)n1Cc1ccccc1. The molecule has 0 aliphatic heterocycles. The minimum atomic E-state index is -0.668. The molecule has 1 aromatic heterocycles. The Kier molecular flexibility index (Phi) is 3.01. The fourth-order valence-corrected chi connectivity index (χ4v) is 1.64. The molecule has 1 heterocycles. The van der Waals surface area contributed by atoms with Crippen LogP contribution in [0.25, 0.3) is 0 Å². The normalized spacial score (nSPS) is 10.4. The number of aromatic nitrogens is 2. The lowest BCUT2D eigenvalue weighted by Gasteiger charge is -2.09. The Morgan fingerprint density at radius 1 is 1.24 bits per heavy atom. The fourth-order valence-electron chi connectivity index (χ4n) is 1.49. The van der Waals surface area contributed by atoms with Crippen LogP contribution in [-0.4, -0.2) is 9.55 Å². The van der Waals surface area contributed by atoms with Crippen LogP contribution in [0, 0.1) is 0 Å². The van der Waals surface area contributed by atoms with E-state index in [0.717, 1.165) is 5.56 Å². The zero-order valence-electron chi connectivity index (χ0n) is 8.81. The minimum absolute atomic E-state index is 0.0238. The molecule has 0 aliphatic rings. The summed E-state index contributed by atoms with van der Waals surface area (Å²) in [6, 6.07) is 9.28. The van der Waals surface area contributed by atoms with Gasteiger partial charge in [0.05, 0.1) is 6.54 Å². The van der Waals surface area contributed by atoms with Gasteiger partial charge in [0, 0.05) is 0 Å². The summed E-state index contributed by atoms with van der Waals surface area (Å²) < 4.78 is 1.22. The monoisotopic (exact) mass is 251 g/mol. The number of nitrogens with zero attached hydrogens (tertiary/aromatic N) is 1. The number of H-pyrrole nitrogens is 1. The Bertz CT molecular complexity index is 646. The van der Waals surface area contributed by atoms with E-state index in [9.17, 15) is 9.59 Å². The van der Waals surface area contributed by atoms with Crippen LogP contribution < -0.4 is 17.0 Å². The number of nitrogens with two attached hydrogens (primary N) is 1. The van der Waals surface area contributed by atoms with Crippen LogP contribution in [0.15, 0.2) is 39.9 Å². The van der Waals surface area contributed by atoms with E-state index in [-0.39, 0.29) is 17.4 Å². The van der Waals surface area contributed by atoms with Gasteiger partial charge in [0.15, 0.2) is 0 Å². The van der Waals surface area contributed by atoms with Gasteiger partial charge in [-0.15, -0.1) is 0 Å². The Morgan fingerprint density at radius 3 is 2.53 bits per heavy atom. The fraction of sp³-hybridized carbons (Fsp3) is 0.0909. The molecular weight excluding hydrogens is 242 g/mol. The van der Waals surface area contributed by atoms with Gasteiger partial charge in [0.25, 0.3) is 5.56 Å². The van der Waals surface area contributed by atoms with Crippen LogP contribution >= 0.6 is 11.6 Å². The molecule has 0 radical (unpaired) electrons. The third-order valence-corrected chi connectivity index (χ3v) is 2.73. The highest BCUT2D eigenvalue weighted by atomic mass is 35.5. The maximum Gasteiger partial charge on any atom is 0.330 e. The van der Waals surface area contributed by atoms with Gasteiger partial charge in [-0.3, -0.25) is 14.3 Å². The summed E-state index contributed by atoms with van der Waals surface area (Å²) in [5.41, 5.74) is 5.30. The summed E-state index contributed by atoms with van der Waals surface area (Å²) in [6.07, 6.45) is 0. The zero-order valence-corrected chi connectivity index (χ0v) is 9.57. The first kappa shape index (κ1) is 11.5. The van der Waals surface area contributed by atoms with Gasteiger partial charge in [-0.1, -0.05) is 41.9 Å². The van der Waals surface area contributed by atoms with Crippen molar-refractivity contribution in [1.82, 2.24) is 9.55 Å². The van der Waals surface area contributed by atoms with E-state index in [4.69, 9.17) is 17.3 Å². The second kappa shape index (κ2) is 4.47. The third-order valence-electron chi connectivity index (χ3n) is 2.36. The molecule has 0 bridgehead atoms. The lowest BCUT2D eigenvalue weighted by molar-refractivity contribution is 0.733. The average Bonchev–Trinajstić information content (AvgIpc) is 2.33. The van der Waals surface area contributed by atoms with Crippen molar-refractivity contribution in [1.29, 1.82) is 0 Å². The molecule has 5 nitrogen and oxygen atoms in total. The summed E-state index contributed by atoms with van der Waals surface area (Å²) in [7, 11) is 0. The minimum Gasteiger partial charge on any atom is -0.384 e. The number of benzene rings is 1. The van der Waals surface area contributed by atoms with E-state index in [0.29, 0.717) is 0 Å². The van der Waals surface area contributed by atoms with Crippen LogP contribution in [0.4, 0.5) is 5.82 Å². The van der Waals surface area contributed by atoms with Gasteiger partial charge in [-0.25, -0.2) is 4.79 Å². The summed E-state index contributed by atoms with van der Waals surface area (Å²) >= 11 is 5.69. The number of nitrogen functional groups attached to an aromatic ring is 1. The van der Waals surface area contributed by atoms with E-state index >= 15 is 0 Å². The maximum atomic E-state index is 11.6. The molecule has 0 saturated carbocycles. The second-order valence-electron chi connectivity index (χ2n) is 3.53. The molecule has 2 aromatic rings. The molecule has 6 heteroatoms. The zero-order chi connectivity index (χ0) is 12.4. The van der Waals surface area contributed by atoms with Crippen molar-refractivity contribution in [2.45, 2.75) is 6.54 Å². The van der Waals surface area contributed by atoms with E-state index in [1.807, 2.05) is 30.3 Å². The van der Waals surface area contributed by atoms with Gasteiger partial charge in [-0.05, 0) is 5.56 Å². The number of halogens is 1. The quantitative estimate of drug-likeness (QED) is 0.829. The molecule has 0 fully saturated rings. The molecule has 88 valence electrons. The smallest absolute Gasteiger partial charge is 0.330 e. The molecule has 0 aliphatic carbocycles. The first-order chi connectivity index (χ1) is 8.09. The van der Waals surface area contributed by atoms with Crippen molar-refractivity contribution in [3.63, 3.8) is 0 Å². The standard InChI is InChI=1S/C11H10ClN3O2/c12-8-9(13)15(11(17)14-10(8)16)6-7-4-2-1-3-5-7/h1-5H,6,13H2,(H,14,16,17). The van der Waals surface area contributed by atoms with Gasteiger partial charge < -0.3 is 5.73 Å². The number of nitrogens with one attached hydrogen (secondary N) is 1. The third kappa shape index (κ3) is 2.24. The van der Waals surface area contributed by atoms with Crippen molar-refractivity contribution in [2.24, 2.45) is 0 Å². The Balaban J connectivity index is 2.51. The number of anilines is 1. The molecule has 0 atom stereocenters. The second-order valence-corrected chi connectivity index (χ2v) is 3.91. The molecule has 1 aromatic carbocycles. The Morgan fingerprint density at radius 2 is 1.88 bits per heavy atom. The summed E-state index contributed by atoms with van der Waals surface area (Å²) in [4.78, 5) is 24.9. The molecule has 0 saturated heterocycles. The first-order valence-corrected chi connectivity index (χ1v) is 5.29. The Hall–Kier alpha value is -2.01. The van der Waals surface area contributed by atoms with Gasteiger partial charge >= 0.3 is 5.69 Å². The highest BCUT2D eigenvalue weighted by Crippen LogP contribution is 2.11. The van der Waals surface area contributed by atoms with Crippen molar-refractivity contribution in [2.75, 3.05) is 5.73 Å². The van der Waals surface area contributed by atoms with E-state index in [2.05, 4.69) is 4.98 Å². The summed E-state index contributed by atoms with van der Waals surface area (Å²) in [5.74, 6) is -0.0238. The number of hydrogen-bond acceptors (Lipinski definition) is 3. The predicted molar refractivity (Wildman–Crippen MR) is 66.3 cm³/mol. The van der Waals surface area contributed by atoms with Crippen molar-refractivity contribution in [3.8, 4) is 0 Å². The summed E-state index contributed by atoms with van der Waals surface area (Å²) in [5, 5.41) is -0.166. The molecule has 3 N–H and O–H groups in total. The Labute approximate surface area is 101 Å². The first-order valence-electron chi connectivity index (χ1n) is 4.91. The number of hydrogen-bond donors (Lipinski definition) is 2.